The Morgan fingerprint density at radius 3 is 2.50 bits per heavy atom. The topological polar surface area (TPSA) is 66.9 Å². The van der Waals surface area contributed by atoms with Crippen LogP contribution >= 0.6 is 0 Å². The molecule has 0 spiro atoms. The van der Waals surface area contributed by atoms with Gasteiger partial charge in [0.25, 0.3) is 5.91 Å². The van der Waals surface area contributed by atoms with Crippen molar-refractivity contribution in [2.75, 3.05) is 17.2 Å². The van der Waals surface area contributed by atoms with Gasteiger partial charge in [0.1, 0.15) is 0 Å². The van der Waals surface area contributed by atoms with Crippen molar-refractivity contribution in [2.24, 2.45) is 5.92 Å². The number of amides is 1. The van der Waals surface area contributed by atoms with E-state index in [2.05, 4.69) is 34.4 Å². The van der Waals surface area contributed by atoms with Crippen molar-refractivity contribution in [3.8, 4) is 0 Å². The van der Waals surface area contributed by atoms with Crippen molar-refractivity contribution < 1.29 is 4.79 Å². The van der Waals surface area contributed by atoms with E-state index in [1.807, 2.05) is 31.2 Å². The first kappa shape index (κ1) is 15.9. The third kappa shape index (κ3) is 4.55. The molecule has 1 amide bonds. The van der Waals surface area contributed by atoms with Gasteiger partial charge in [-0.2, -0.15) is 0 Å². The number of para-hydroxylation sites is 1. The average Bonchev–Trinajstić information content (AvgIpc) is 2.50. The van der Waals surface area contributed by atoms with Gasteiger partial charge >= 0.3 is 0 Å². The van der Waals surface area contributed by atoms with Crippen LogP contribution in [0.1, 0.15) is 36.2 Å². The highest BCUT2D eigenvalue weighted by atomic mass is 16.1. The summed E-state index contributed by atoms with van der Waals surface area (Å²) in [4.78, 5) is 20.5. The summed E-state index contributed by atoms with van der Waals surface area (Å²) < 4.78 is 0. The van der Waals surface area contributed by atoms with E-state index < -0.39 is 0 Å². The highest BCUT2D eigenvalue weighted by Gasteiger charge is 2.08. The summed E-state index contributed by atoms with van der Waals surface area (Å²) in [6.45, 7) is 7.11. The van der Waals surface area contributed by atoms with E-state index in [4.69, 9.17) is 0 Å². The number of hydrogen-bond donors (Lipinski definition) is 2. The minimum atomic E-state index is -0.206. The van der Waals surface area contributed by atoms with Crippen molar-refractivity contribution in [3.63, 3.8) is 0 Å². The van der Waals surface area contributed by atoms with Crippen LogP contribution in [0.5, 0.6) is 0 Å². The molecule has 1 aromatic carbocycles. The van der Waals surface area contributed by atoms with Crippen LogP contribution in [0, 0.1) is 12.8 Å². The minimum absolute atomic E-state index is 0.206. The van der Waals surface area contributed by atoms with Gasteiger partial charge in [-0.05, 0) is 30.9 Å². The van der Waals surface area contributed by atoms with Crippen LogP contribution in [0.15, 0.2) is 36.7 Å². The predicted molar refractivity (Wildman–Crippen MR) is 89.1 cm³/mol. The summed E-state index contributed by atoms with van der Waals surface area (Å²) in [5, 5.41) is 6.01. The smallest absolute Gasteiger partial charge is 0.258 e. The van der Waals surface area contributed by atoms with E-state index in [9.17, 15) is 4.79 Å². The van der Waals surface area contributed by atoms with Crippen LogP contribution in [0.25, 0.3) is 0 Å². The number of aryl methyl sites for hydroxylation is 1. The lowest BCUT2D eigenvalue weighted by atomic mass is 10.1. The summed E-state index contributed by atoms with van der Waals surface area (Å²) in [7, 11) is 0. The van der Waals surface area contributed by atoms with Crippen molar-refractivity contribution in [1.82, 2.24) is 9.97 Å². The SMILES string of the molecule is Cc1ccccc1NC(=O)c1cnc(NCCC(C)C)nc1. The molecule has 0 saturated heterocycles. The molecule has 0 unspecified atom stereocenters. The van der Waals surface area contributed by atoms with Crippen LogP contribution in [0.4, 0.5) is 11.6 Å². The second-order valence-corrected chi connectivity index (χ2v) is 5.67. The van der Waals surface area contributed by atoms with Gasteiger partial charge in [0.2, 0.25) is 5.95 Å². The molecule has 0 aliphatic heterocycles. The maximum absolute atomic E-state index is 12.2. The number of anilines is 2. The molecule has 0 aliphatic carbocycles. The van der Waals surface area contributed by atoms with E-state index in [-0.39, 0.29) is 5.91 Å². The normalized spacial score (nSPS) is 10.5. The maximum atomic E-state index is 12.2. The second kappa shape index (κ2) is 7.54. The van der Waals surface area contributed by atoms with Crippen LogP contribution in [-0.2, 0) is 0 Å². The Bertz CT molecular complexity index is 623. The summed E-state index contributed by atoms with van der Waals surface area (Å²) in [5.74, 6) is 0.975. The second-order valence-electron chi connectivity index (χ2n) is 5.67. The molecular weight excluding hydrogens is 276 g/mol. The summed E-state index contributed by atoms with van der Waals surface area (Å²) in [6, 6.07) is 7.65. The van der Waals surface area contributed by atoms with Gasteiger partial charge in [0, 0.05) is 24.6 Å². The summed E-state index contributed by atoms with van der Waals surface area (Å²) >= 11 is 0. The number of aromatic nitrogens is 2. The zero-order valence-corrected chi connectivity index (χ0v) is 13.3. The molecular formula is C17H22N4O. The van der Waals surface area contributed by atoms with Gasteiger partial charge < -0.3 is 10.6 Å². The van der Waals surface area contributed by atoms with Gasteiger partial charge in [-0.1, -0.05) is 32.0 Å². The van der Waals surface area contributed by atoms with E-state index in [0.717, 1.165) is 24.2 Å². The lowest BCUT2D eigenvalue weighted by molar-refractivity contribution is 0.102. The van der Waals surface area contributed by atoms with Crippen molar-refractivity contribution in [1.29, 1.82) is 0 Å². The van der Waals surface area contributed by atoms with E-state index in [1.165, 1.54) is 12.4 Å². The molecule has 2 N–H and O–H groups in total. The lowest BCUT2D eigenvalue weighted by Gasteiger charge is -2.09. The van der Waals surface area contributed by atoms with Gasteiger partial charge in [0.05, 0.1) is 5.56 Å². The molecule has 2 rings (SSSR count). The van der Waals surface area contributed by atoms with Gasteiger partial charge in [0.15, 0.2) is 0 Å². The number of nitrogens with one attached hydrogen (secondary N) is 2. The Morgan fingerprint density at radius 2 is 1.86 bits per heavy atom. The molecule has 2 aromatic rings. The number of carbonyl (C=O) groups excluding carboxylic acids is 1. The summed E-state index contributed by atoms with van der Waals surface area (Å²) in [5.41, 5.74) is 2.26. The fraction of sp³-hybridized carbons (Fsp3) is 0.353. The maximum Gasteiger partial charge on any atom is 0.258 e. The molecule has 5 heteroatoms. The average molecular weight is 298 g/mol. The Kier molecular flexibility index (Phi) is 5.47. The standard InChI is InChI=1S/C17H22N4O/c1-12(2)8-9-18-17-19-10-14(11-20-17)16(22)21-15-7-5-4-6-13(15)3/h4-7,10-12H,8-9H2,1-3H3,(H,21,22)(H,18,19,20). The number of benzene rings is 1. The van der Waals surface area contributed by atoms with E-state index >= 15 is 0 Å². The number of nitrogens with zero attached hydrogens (tertiary/aromatic N) is 2. The van der Waals surface area contributed by atoms with Crippen LogP contribution in [-0.4, -0.2) is 22.4 Å². The monoisotopic (exact) mass is 298 g/mol. The zero-order valence-electron chi connectivity index (χ0n) is 13.3. The molecule has 5 nitrogen and oxygen atoms in total. The van der Waals surface area contributed by atoms with Crippen molar-refractivity contribution in [2.45, 2.75) is 27.2 Å². The highest BCUT2D eigenvalue weighted by molar-refractivity contribution is 6.04. The van der Waals surface area contributed by atoms with Crippen LogP contribution < -0.4 is 10.6 Å². The number of carbonyl (C=O) groups is 1. The lowest BCUT2D eigenvalue weighted by Crippen LogP contribution is -2.14. The fourth-order valence-electron chi connectivity index (χ4n) is 1.92. The first-order chi connectivity index (χ1) is 10.6. The predicted octanol–water partition coefficient (Wildman–Crippen LogP) is 3.50. The molecule has 0 atom stereocenters. The first-order valence-corrected chi connectivity index (χ1v) is 7.49. The molecule has 22 heavy (non-hydrogen) atoms. The molecule has 116 valence electrons. The fourth-order valence-corrected chi connectivity index (χ4v) is 1.92. The summed E-state index contributed by atoms with van der Waals surface area (Å²) in [6.07, 6.45) is 4.13. The largest absolute Gasteiger partial charge is 0.354 e. The molecule has 1 aromatic heterocycles. The third-order valence-electron chi connectivity index (χ3n) is 3.31. The number of rotatable bonds is 6. The Hall–Kier alpha value is -2.43. The molecule has 0 radical (unpaired) electrons. The highest BCUT2D eigenvalue weighted by Crippen LogP contribution is 2.14. The molecule has 1 heterocycles. The quantitative estimate of drug-likeness (QED) is 0.856. The Morgan fingerprint density at radius 1 is 1.18 bits per heavy atom. The van der Waals surface area contributed by atoms with E-state index in [0.29, 0.717) is 17.4 Å². The Balaban J connectivity index is 1.95. The van der Waals surface area contributed by atoms with Gasteiger partial charge in [-0.25, -0.2) is 9.97 Å². The molecule has 0 fully saturated rings. The Labute approximate surface area is 131 Å². The van der Waals surface area contributed by atoms with Crippen LogP contribution in [0.3, 0.4) is 0 Å². The van der Waals surface area contributed by atoms with Gasteiger partial charge in [-0.3, -0.25) is 4.79 Å². The first-order valence-electron chi connectivity index (χ1n) is 7.49. The van der Waals surface area contributed by atoms with Crippen molar-refractivity contribution >= 4 is 17.5 Å². The van der Waals surface area contributed by atoms with Gasteiger partial charge in [-0.15, -0.1) is 0 Å². The number of hydrogen-bond acceptors (Lipinski definition) is 4. The molecule has 0 bridgehead atoms. The van der Waals surface area contributed by atoms with E-state index in [1.54, 1.807) is 0 Å². The molecule has 0 saturated carbocycles. The third-order valence-corrected chi connectivity index (χ3v) is 3.31. The molecule has 0 aliphatic rings. The zero-order chi connectivity index (χ0) is 15.9. The van der Waals surface area contributed by atoms with Crippen LogP contribution in [0.2, 0.25) is 0 Å². The minimum Gasteiger partial charge on any atom is -0.354 e. The van der Waals surface area contributed by atoms with Crippen molar-refractivity contribution in [3.05, 3.63) is 47.8 Å².